The summed E-state index contributed by atoms with van der Waals surface area (Å²) in [6, 6.07) is 4.93. The topological polar surface area (TPSA) is 428 Å². The van der Waals surface area contributed by atoms with Gasteiger partial charge in [-0.05, 0) is 25.1 Å². The molecule has 1 aromatic heterocycles. The molecule has 0 amide bonds. The fourth-order valence-electron chi connectivity index (χ4n) is 7.66. The maximum atomic E-state index is 14.3. The summed E-state index contributed by atoms with van der Waals surface area (Å²) in [4.78, 5) is 14.3. The zero-order chi connectivity index (χ0) is 47.3. The number of fused-ring (bicyclic) bond motifs is 1. The summed E-state index contributed by atoms with van der Waals surface area (Å²) in [7, 11) is 0. The van der Waals surface area contributed by atoms with E-state index in [1.807, 2.05) is 0 Å². The monoisotopic (exact) mass is 934 g/mol. The summed E-state index contributed by atoms with van der Waals surface area (Å²) in [5.74, 6) is -4.06. The highest BCUT2D eigenvalue weighted by Crippen LogP contribution is 2.41. The Morgan fingerprint density at radius 1 is 0.554 bits per heavy atom. The second-order valence-electron chi connectivity index (χ2n) is 15.9. The summed E-state index contributed by atoms with van der Waals surface area (Å²) in [6.45, 7) is -1.05. The molecule has 26 nitrogen and oxygen atoms in total. The van der Waals surface area contributed by atoms with Crippen molar-refractivity contribution in [3.63, 3.8) is 0 Å². The van der Waals surface area contributed by atoms with E-state index < -0.39 is 194 Å². The lowest BCUT2D eigenvalue weighted by atomic mass is 9.97. The maximum Gasteiger partial charge on any atom is 0.239 e. The van der Waals surface area contributed by atoms with Gasteiger partial charge in [-0.25, -0.2) is 0 Å². The largest absolute Gasteiger partial charge is 0.507 e. The predicted molar refractivity (Wildman–Crippen MR) is 206 cm³/mol. The number of benzene rings is 2. The lowest BCUT2D eigenvalue weighted by Crippen LogP contribution is -2.65. The van der Waals surface area contributed by atoms with Crippen LogP contribution in [0.3, 0.4) is 0 Å². The molecule has 0 saturated carbocycles. The van der Waals surface area contributed by atoms with Gasteiger partial charge in [-0.2, -0.15) is 0 Å². The standard InChI is InChI=1S/C39H50O26/c1-10-21(45)26(50)30(54)36(58-10)57-9-19-24(48)28(52)32(56)38(63-19)64-34-25(49)20-15(44)5-12(6-16(20)60-33(34)11-2-3-13(42)14(43)4-11)59-39-35(29(53)23(47)18(8-41)62-39)65-37-31(55)27(51)22(46)17(7-40)61-37/h2-6,10,17-19,21-24,26-32,35-48,50-56H,7-9H2,1H3/t10-,17+,18+,19+,21-,22+,23+,24-,26+,27-,28-,29-,30+,31+,32+,35+,36+,37-,38-,39+/m0/s1. The molecule has 0 spiro atoms. The maximum absolute atomic E-state index is 14.3. The van der Waals surface area contributed by atoms with Gasteiger partial charge >= 0.3 is 0 Å². The number of phenols is 3. The summed E-state index contributed by atoms with van der Waals surface area (Å²) in [5.41, 5.74) is -1.88. The molecule has 0 aliphatic carbocycles. The molecule has 4 aliphatic rings. The van der Waals surface area contributed by atoms with E-state index in [1.54, 1.807) is 0 Å². The highest BCUT2D eigenvalue weighted by Gasteiger charge is 2.52. The van der Waals surface area contributed by atoms with Gasteiger partial charge in [0.1, 0.15) is 108 Å². The SMILES string of the molecule is C[C@@H]1O[C@@H](OC[C@H]2O[C@@H](Oc3c(-c4ccc(O)c(O)c4)oc4cc(O[C@@H]5O[C@H](CO)[C@@H](O)[C@H](O)[C@H]5O[C@@H]5O[C@H](CO)[C@@H](O)[C@H](O)[C@H]5O)cc(O)c4c3=O)[C@H](O)[C@@H](O)[C@H]2O)[C@H](O)[C@H](O)[C@H]1O. The van der Waals surface area contributed by atoms with Crippen LogP contribution < -0.4 is 14.9 Å². The van der Waals surface area contributed by atoms with E-state index in [9.17, 15) is 86.5 Å². The molecule has 2 aromatic carbocycles. The van der Waals surface area contributed by atoms with Crippen molar-refractivity contribution in [2.24, 2.45) is 0 Å². The van der Waals surface area contributed by atoms with E-state index in [4.69, 9.17) is 42.3 Å². The minimum atomic E-state index is -2.11. The van der Waals surface area contributed by atoms with E-state index in [0.29, 0.717) is 0 Å². The number of aliphatic hydroxyl groups excluding tert-OH is 13. The van der Waals surface area contributed by atoms with Crippen molar-refractivity contribution in [2.75, 3.05) is 19.8 Å². The quantitative estimate of drug-likeness (QED) is 0.0751. The molecule has 65 heavy (non-hydrogen) atoms. The predicted octanol–water partition coefficient (Wildman–Crippen LogP) is -6.39. The highest BCUT2D eigenvalue weighted by atomic mass is 16.8. The number of ether oxygens (including phenoxy) is 8. The van der Waals surface area contributed by atoms with Crippen LogP contribution in [0.5, 0.6) is 28.7 Å². The van der Waals surface area contributed by atoms with Gasteiger partial charge in [0.05, 0.1) is 25.9 Å². The van der Waals surface area contributed by atoms with Crippen LogP contribution in [0.1, 0.15) is 6.92 Å². The Balaban J connectivity index is 1.21. The minimum absolute atomic E-state index is 0.185. The third-order valence-corrected chi connectivity index (χ3v) is 11.5. The van der Waals surface area contributed by atoms with Gasteiger partial charge in [0.15, 0.2) is 35.9 Å². The third-order valence-electron chi connectivity index (χ3n) is 11.5. The van der Waals surface area contributed by atoms with Crippen LogP contribution in [0.25, 0.3) is 22.3 Å². The highest BCUT2D eigenvalue weighted by molar-refractivity contribution is 5.88. The van der Waals surface area contributed by atoms with Crippen molar-refractivity contribution in [1.82, 2.24) is 0 Å². The number of hydrogen-bond donors (Lipinski definition) is 16. The molecule has 5 heterocycles. The molecule has 0 unspecified atom stereocenters. The molecular formula is C39H50O26. The van der Waals surface area contributed by atoms with E-state index in [-0.39, 0.29) is 5.56 Å². The van der Waals surface area contributed by atoms with Crippen LogP contribution in [0.15, 0.2) is 39.5 Å². The van der Waals surface area contributed by atoms with Crippen molar-refractivity contribution in [3.8, 4) is 40.1 Å². The van der Waals surface area contributed by atoms with Gasteiger partial charge in [-0.3, -0.25) is 4.79 Å². The molecule has 4 fully saturated rings. The van der Waals surface area contributed by atoms with Crippen LogP contribution >= 0.6 is 0 Å². The number of hydrogen-bond acceptors (Lipinski definition) is 26. The van der Waals surface area contributed by atoms with E-state index in [0.717, 1.165) is 30.3 Å². The molecule has 3 aromatic rings. The average molecular weight is 935 g/mol. The second kappa shape index (κ2) is 19.6. The third kappa shape index (κ3) is 9.43. The molecule has 16 N–H and O–H groups in total. The number of rotatable bonds is 12. The van der Waals surface area contributed by atoms with Gasteiger partial charge in [0.2, 0.25) is 23.8 Å². The Morgan fingerprint density at radius 2 is 1.12 bits per heavy atom. The molecule has 0 bridgehead atoms. The molecular weight excluding hydrogens is 884 g/mol. The van der Waals surface area contributed by atoms with Crippen molar-refractivity contribution in [2.45, 2.75) is 130 Å². The van der Waals surface area contributed by atoms with E-state index >= 15 is 0 Å². The molecule has 0 radical (unpaired) electrons. The second-order valence-corrected chi connectivity index (χ2v) is 15.9. The number of aliphatic hydroxyl groups is 13. The zero-order valence-corrected chi connectivity index (χ0v) is 33.8. The fourth-order valence-corrected chi connectivity index (χ4v) is 7.66. The number of phenolic OH excluding ortho intramolecular Hbond substituents is 3. The summed E-state index contributed by atoms with van der Waals surface area (Å²) < 4.78 is 50.9. The Morgan fingerprint density at radius 3 is 1.77 bits per heavy atom. The first-order valence-electron chi connectivity index (χ1n) is 20.0. The first kappa shape index (κ1) is 48.8. The molecule has 4 aliphatic heterocycles. The average Bonchev–Trinajstić information content (AvgIpc) is 3.28. The van der Waals surface area contributed by atoms with E-state index in [1.165, 1.54) is 6.92 Å². The van der Waals surface area contributed by atoms with Crippen LogP contribution in [-0.2, 0) is 28.4 Å². The van der Waals surface area contributed by atoms with Crippen molar-refractivity contribution >= 4 is 11.0 Å². The molecule has 20 atom stereocenters. The molecule has 362 valence electrons. The van der Waals surface area contributed by atoms with Crippen LogP contribution in [0, 0.1) is 0 Å². The van der Waals surface area contributed by atoms with Crippen LogP contribution in [0.4, 0.5) is 0 Å². The van der Waals surface area contributed by atoms with Crippen molar-refractivity contribution < 1.29 is 124 Å². The smallest absolute Gasteiger partial charge is 0.239 e. The molecule has 7 rings (SSSR count). The normalized spacial score (nSPS) is 40.2. The van der Waals surface area contributed by atoms with Gasteiger partial charge in [0, 0.05) is 17.7 Å². The van der Waals surface area contributed by atoms with Gasteiger partial charge in [0.25, 0.3) is 0 Å². The molecule has 26 heteroatoms. The van der Waals surface area contributed by atoms with E-state index in [2.05, 4.69) is 0 Å². The van der Waals surface area contributed by atoms with Gasteiger partial charge < -0.3 is 124 Å². The Bertz CT molecular complexity index is 2170. The summed E-state index contributed by atoms with van der Waals surface area (Å²) in [6.07, 6.45) is -35.4. The first-order valence-corrected chi connectivity index (χ1v) is 20.0. The van der Waals surface area contributed by atoms with Crippen LogP contribution in [0.2, 0.25) is 0 Å². The molecule has 4 saturated heterocycles. The first-order chi connectivity index (χ1) is 30.7. The fraction of sp³-hybridized carbons (Fsp3) is 0.615. The van der Waals surface area contributed by atoms with Crippen molar-refractivity contribution in [1.29, 1.82) is 0 Å². The zero-order valence-electron chi connectivity index (χ0n) is 33.8. The summed E-state index contributed by atoms with van der Waals surface area (Å²) >= 11 is 0. The van der Waals surface area contributed by atoms with Crippen molar-refractivity contribution in [3.05, 3.63) is 40.6 Å². The Hall–Kier alpha value is -4.11. The lowest BCUT2D eigenvalue weighted by molar-refractivity contribution is -0.357. The van der Waals surface area contributed by atoms with Gasteiger partial charge in [-0.1, -0.05) is 0 Å². The minimum Gasteiger partial charge on any atom is -0.507 e. The van der Waals surface area contributed by atoms with Crippen LogP contribution in [-0.4, -0.2) is 224 Å². The Labute approximate surface area is 364 Å². The number of aromatic hydroxyl groups is 3. The summed E-state index contributed by atoms with van der Waals surface area (Å²) in [5, 5.41) is 167. The lowest BCUT2D eigenvalue weighted by Gasteiger charge is -2.45. The Kier molecular flexibility index (Phi) is 14.7. The van der Waals surface area contributed by atoms with Gasteiger partial charge in [-0.15, -0.1) is 0 Å².